The molecule has 1 aromatic rings. The smallest absolute Gasteiger partial charge is 0.0594 e. The highest BCUT2D eigenvalue weighted by molar-refractivity contribution is 7.10. The van der Waals surface area contributed by atoms with Gasteiger partial charge in [-0.15, -0.1) is 11.3 Å². The minimum absolute atomic E-state index is 0.880. The van der Waals surface area contributed by atoms with Gasteiger partial charge >= 0.3 is 0 Å². The van der Waals surface area contributed by atoms with Gasteiger partial charge in [-0.2, -0.15) is 0 Å². The molecule has 0 unspecified atom stereocenters. The Kier molecular flexibility index (Phi) is 4.14. The molecule has 84 valence electrons. The number of morpholine rings is 1. The molecule has 2 heterocycles. The Bertz CT molecular complexity index is 295. The average Bonchev–Trinajstić information content (AvgIpc) is 2.68. The van der Waals surface area contributed by atoms with Crippen LogP contribution in [0.15, 0.2) is 11.4 Å². The van der Waals surface area contributed by atoms with Crippen molar-refractivity contribution in [2.24, 2.45) is 0 Å². The highest BCUT2D eigenvalue weighted by Gasteiger charge is 2.12. The fourth-order valence-electron chi connectivity index (χ4n) is 1.82. The molecule has 0 aromatic carbocycles. The van der Waals surface area contributed by atoms with Crippen LogP contribution < -0.4 is 5.32 Å². The summed E-state index contributed by atoms with van der Waals surface area (Å²) in [6, 6.07) is 2.24. The molecular weight excluding hydrogens is 208 g/mol. The van der Waals surface area contributed by atoms with Crippen LogP contribution in [0, 0.1) is 0 Å². The van der Waals surface area contributed by atoms with Crippen molar-refractivity contribution in [2.75, 3.05) is 33.4 Å². The van der Waals surface area contributed by atoms with Crippen molar-refractivity contribution in [3.8, 4) is 0 Å². The quantitative estimate of drug-likeness (QED) is 0.837. The molecule has 0 atom stereocenters. The molecule has 1 aromatic heterocycles. The van der Waals surface area contributed by atoms with Crippen LogP contribution in [0.3, 0.4) is 0 Å². The molecule has 4 heteroatoms. The van der Waals surface area contributed by atoms with Crippen molar-refractivity contribution in [3.63, 3.8) is 0 Å². The van der Waals surface area contributed by atoms with Gasteiger partial charge in [-0.05, 0) is 24.1 Å². The summed E-state index contributed by atoms with van der Waals surface area (Å²) in [6.07, 6.45) is 0. The highest BCUT2D eigenvalue weighted by Crippen LogP contribution is 2.18. The fourth-order valence-corrected chi connectivity index (χ4v) is 2.73. The van der Waals surface area contributed by atoms with E-state index in [0.717, 1.165) is 39.4 Å². The Morgan fingerprint density at radius 1 is 1.47 bits per heavy atom. The monoisotopic (exact) mass is 226 g/mol. The van der Waals surface area contributed by atoms with Gasteiger partial charge in [-0.3, -0.25) is 4.90 Å². The first kappa shape index (κ1) is 11.1. The molecule has 1 aliphatic heterocycles. The zero-order valence-corrected chi connectivity index (χ0v) is 9.98. The van der Waals surface area contributed by atoms with Crippen molar-refractivity contribution in [3.05, 3.63) is 21.9 Å². The Morgan fingerprint density at radius 2 is 2.27 bits per heavy atom. The second-order valence-electron chi connectivity index (χ2n) is 3.79. The van der Waals surface area contributed by atoms with Gasteiger partial charge in [0.05, 0.1) is 13.2 Å². The maximum atomic E-state index is 5.35. The predicted molar refractivity (Wildman–Crippen MR) is 63.2 cm³/mol. The van der Waals surface area contributed by atoms with Crippen molar-refractivity contribution in [1.29, 1.82) is 0 Å². The third-order valence-corrected chi connectivity index (χ3v) is 3.64. The molecule has 1 fully saturated rings. The van der Waals surface area contributed by atoms with E-state index in [1.807, 2.05) is 18.4 Å². The van der Waals surface area contributed by atoms with Crippen LogP contribution in [-0.4, -0.2) is 38.3 Å². The third-order valence-electron chi connectivity index (χ3n) is 2.67. The second kappa shape index (κ2) is 5.61. The Labute approximate surface area is 95.0 Å². The van der Waals surface area contributed by atoms with E-state index < -0.39 is 0 Å². The van der Waals surface area contributed by atoms with E-state index in [9.17, 15) is 0 Å². The predicted octanol–water partition coefficient (Wildman–Crippen LogP) is 1.30. The molecule has 15 heavy (non-hydrogen) atoms. The molecule has 1 saturated heterocycles. The lowest BCUT2D eigenvalue weighted by molar-refractivity contribution is 0.0341. The van der Waals surface area contributed by atoms with Crippen LogP contribution in [0.4, 0.5) is 0 Å². The SMILES string of the molecule is CNCc1sccc1CN1CCOCC1. The Hall–Kier alpha value is -0.420. The number of hydrogen-bond acceptors (Lipinski definition) is 4. The van der Waals surface area contributed by atoms with Crippen molar-refractivity contribution < 1.29 is 4.74 Å². The van der Waals surface area contributed by atoms with Gasteiger partial charge in [-0.25, -0.2) is 0 Å². The first-order valence-electron chi connectivity index (χ1n) is 5.40. The molecule has 1 N–H and O–H groups in total. The molecule has 1 aliphatic rings. The number of nitrogens with zero attached hydrogens (tertiary/aromatic N) is 1. The van der Waals surface area contributed by atoms with E-state index >= 15 is 0 Å². The van der Waals surface area contributed by atoms with Crippen molar-refractivity contribution in [2.45, 2.75) is 13.1 Å². The maximum absolute atomic E-state index is 5.35. The number of hydrogen-bond donors (Lipinski definition) is 1. The molecule has 0 saturated carbocycles. The largest absolute Gasteiger partial charge is 0.379 e. The average molecular weight is 226 g/mol. The summed E-state index contributed by atoms with van der Waals surface area (Å²) in [5.41, 5.74) is 1.47. The lowest BCUT2D eigenvalue weighted by Crippen LogP contribution is -2.35. The van der Waals surface area contributed by atoms with E-state index in [1.165, 1.54) is 10.4 Å². The summed E-state index contributed by atoms with van der Waals surface area (Å²) in [7, 11) is 2.00. The number of thiophene rings is 1. The van der Waals surface area contributed by atoms with E-state index in [0.29, 0.717) is 0 Å². The minimum atomic E-state index is 0.880. The lowest BCUT2D eigenvalue weighted by atomic mass is 10.2. The van der Waals surface area contributed by atoms with Crippen LogP contribution >= 0.6 is 11.3 Å². The summed E-state index contributed by atoms with van der Waals surface area (Å²) in [5.74, 6) is 0. The summed E-state index contributed by atoms with van der Waals surface area (Å²) in [6.45, 7) is 5.95. The van der Waals surface area contributed by atoms with Gasteiger partial charge in [0.15, 0.2) is 0 Å². The summed E-state index contributed by atoms with van der Waals surface area (Å²) < 4.78 is 5.35. The van der Waals surface area contributed by atoms with Crippen molar-refractivity contribution >= 4 is 11.3 Å². The van der Waals surface area contributed by atoms with Gasteiger partial charge < -0.3 is 10.1 Å². The van der Waals surface area contributed by atoms with Crippen LogP contribution in [0.5, 0.6) is 0 Å². The highest BCUT2D eigenvalue weighted by atomic mass is 32.1. The van der Waals surface area contributed by atoms with Gasteiger partial charge in [0.25, 0.3) is 0 Å². The minimum Gasteiger partial charge on any atom is -0.379 e. The molecule has 0 bridgehead atoms. The lowest BCUT2D eigenvalue weighted by Gasteiger charge is -2.26. The van der Waals surface area contributed by atoms with Crippen molar-refractivity contribution in [1.82, 2.24) is 10.2 Å². The first-order valence-corrected chi connectivity index (χ1v) is 6.28. The molecule has 2 rings (SSSR count). The zero-order valence-electron chi connectivity index (χ0n) is 9.16. The van der Waals surface area contributed by atoms with Crippen LogP contribution in [0.25, 0.3) is 0 Å². The Balaban J connectivity index is 1.93. The van der Waals surface area contributed by atoms with E-state index in [2.05, 4.69) is 21.7 Å². The normalized spacial score (nSPS) is 18.2. The number of nitrogens with one attached hydrogen (secondary N) is 1. The van der Waals surface area contributed by atoms with E-state index in [-0.39, 0.29) is 0 Å². The van der Waals surface area contributed by atoms with E-state index in [4.69, 9.17) is 4.74 Å². The van der Waals surface area contributed by atoms with Gasteiger partial charge in [0, 0.05) is 31.1 Å². The fraction of sp³-hybridized carbons (Fsp3) is 0.636. The topological polar surface area (TPSA) is 24.5 Å². The number of ether oxygens (including phenoxy) is 1. The summed E-state index contributed by atoms with van der Waals surface area (Å²) >= 11 is 1.84. The van der Waals surface area contributed by atoms with Crippen LogP contribution in [0.1, 0.15) is 10.4 Å². The van der Waals surface area contributed by atoms with E-state index in [1.54, 1.807) is 0 Å². The van der Waals surface area contributed by atoms with Crippen LogP contribution in [-0.2, 0) is 17.8 Å². The standard InChI is InChI=1S/C11H18N2OS/c1-12-8-11-10(2-7-15-11)9-13-3-5-14-6-4-13/h2,7,12H,3-6,8-9H2,1H3. The maximum Gasteiger partial charge on any atom is 0.0594 e. The Morgan fingerprint density at radius 3 is 3.00 bits per heavy atom. The second-order valence-corrected chi connectivity index (χ2v) is 4.79. The summed E-state index contributed by atoms with van der Waals surface area (Å²) in [4.78, 5) is 3.93. The molecule has 3 nitrogen and oxygen atoms in total. The third kappa shape index (κ3) is 3.01. The first-order chi connectivity index (χ1) is 7.40. The molecular formula is C11H18N2OS. The molecule has 0 spiro atoms. The molecule has 0 aliphatic carbocycles. The zero-order chi connectivity index (χ0) is 10.5. The van der Waals surface area contributed by atoms with Gasteiger partial charge in [0.2, 0.25) is 0 Å². The van der Waals surface area contributed by atoms with Gasteiger partial charge in [0.1, 0.15) is 0 Å². The van der Waals surface area contributed by atoms with Gasteiger partial charge in [-0.1, -0.05) is 0 Å². The molecule has 0 radical (unpaired) electrons. The molecule has 0 amide bonds. The number of rotatable bonds is 4. The summed E-state index contributed by atoms with van der Waals surface area (Å²) in [5, 5.41) is 5.40. The van der Waals surface area contributed by atoms with Crippen LogP contribution in [0.2, 0.25) is 0 Å².